The average molecular weight is 368 g/mol. The number of fused-ring (bicyclic) bond motifs is 1. The molecule has 1 saturated heterocycles. The highest BCUT2D eigenvalue weighted by Crippen LogP contribution is 2.35. The zero-order valence-corrected chi connectivity index (χ0v) is 16.4. The van der Waals surface area contributed by atoms with Crippen LogP contribution in [0.3, 0.4) is 0 Å². The Labute approximate surface area is 160 Å². The lowest BCUT2D eigenvalue weighted by Crippen LogP contribution is -2.60. The number of amides is 1. The number of carbonyl (C=O) groups excluding carboxylic acids is 1. The van der Waals surface area contributed by atoms with Crippen LogP contribution in [0.15, 0.2) is 24.3 Å². The molecule has 2 aromatic rings. The number of nitrogens with one attached hydrogen (secondary N) is 1. The third-order valence-electron chi connectivity index (χ3n) is 5.82. The number of benzene rings is 1. The molecule has 1 amide bonds. The van der Waals surface area contributed by atoms with E-state index in [1.807, 2.05) is 23.1 Å². The molecule has 0 spiro atoms. The minimum Gasteiger partial charge on any atom is -0.495 e. The first-order valence-electron chi connectivity index (χ1n) is 9.77. The highest BCUT2D eigenvalue weighted by molar-refractivity contribution is 5.94. The van der Waals surface area contributed by atoms with Gasteiger partial charge >= 0.3 is 0 Å². The Balaban J connectivity index is 1.55. The highest BCUT2D eigenvalue weighted by Gasteiger charge is 2.38. The van der Waals surface area contributed by atoms with Crippen molar-refractivity contribution in [2.75, 3.05) is 31.6 Å². The number of anilines is 1. The van der Waals surface area contributed by atoms with E-state index in [4.69, 9.17) is 4.74 Å². The van der Waals surface area contributed by atoms with E-state index in [0.717, 1.165) is 48.5 Å². The zero-order chi connectivity index (χ0) is 19.0. The number of aromatic nitrogens is 2. The number of carbonyl (C=O) groups is 1. The van der Waals surface area contributed by atoms with E-state index in [0.29, 0.717) is 18.8 Å². The van der Waals surface area contributed by atoms with Crippen molar-refractivity contribution in [3.63, 3.8) is 0 Å². The van der Waals surface area contributed by atoms with Gasteiger partial charge < -0.3 is 14.5 Å². The van der Waals surface area contributed by atoms with E-state index in [-0.39, 0.29) is 11.4 Å². The summed E-state index contributed by atoms with van der Waals surface area (Å²) in [6.45, 7) is 6.47. The Morgan fingerprint density at radius 2 is 1.96 bits per heavy atom. The molecular formula is C21H28N4O2. The molecule has 6 nitrogen and oxygen atoms in total. The monoisotopic (exact) mass is 368 g/mol. The van der Waals surface area contributed by atoms with Gasteiger partial charge in [-0.3, -0.25) is 9.89 Å². The van der Waals surface area contributed by atoms with E-state index in [2.05, 4.69) is 35.0 Å². The van der Waals surface area contributed by atoms with E-state index < -0.39 is 0 Å². The maximum absolute atomic E-state index is 13.2. The van der Waals surface area contributed by atoms with Crippen molar-refractivity contribution >= 4 is 11.6 Å². The number of H-pyrrole nitrogens is 1. The summed E-state index contributed by atoms with van der Waals surface area (Å²) in [5.74, 6) is 0.925. The van der Waals surface area contributed by atoms with Crippen LogP contribution in [0, 0.1) is 0 Å². The standard InChI is InChI=1S/C21H28N4O2/c1-21(2)14-24(12-13-25(21)17-10-6-7-11-18(17)27-3)20(26)19-15-8-4-5-9-16(15)22-23-19/h6-7,10-11H,4-5,8-9,12-14H2,1-3H3,(H,22,23). The molecule has 2 heterocycles. The van der Waals surface area contributed by atoms with Crippen LogP contribution < -0.4 is 9.64 Å². The number of hydrogen-bond acceptors (Lipinski definition) is 4. The molecular weight excluding hydrogens is 340 g/mol. The second-order valence-corrected chi connectivity index (χ2v) is 8.10. The molecule has 1 N–H and O–H groups in total. The molecule has 4 rings (SSSR count). The van der Waals surface area contributed by atoms with Gasteiger partial charge in [-0.25, -0.2) is 0 Å². The number of piperazine rings is 1. The zero-order valence-electron chi connectivity index (χ0n) is 16.4. The predicted octanol–water partition coefficient (Wildman–Crippen LogP) is 3.04. The van der Waals surface area contributed by atoms with Crippen molar-refractivity contribution in [2.24, 2.45) is 0 Å². The molecule has 0 radical (unpaired) electrons. The maximum Gasteiger partial charge on any atom is 0.274 e. The van der Waals surface area contributed by atoms with Crippen LogP contribution in [0.25, 0.3) is 0 Å². The normalized spacial score (nSPS) is 18.9. The van der Waals surface area contributed by atoms with E-state index in [1.165, 1.54) is 6.42 Å². The second kappa shape index (κ2) is 6.91. The Hall–Kier alpha value is -2.50. The Morgan fingerprint density at radius 1 is 1.19 bits per heavy atom. The molecule has 0 bridgehead atoms. The number of ether oxygens (including phenoxy) is 1. The summed E-state index contributed by atoms with van der Waals surface area (Å²) in [5.41, 5.74) is 3.80. The van der Waals surface area contributed by atoms with Crippen LogP contribution in [-0.4, -0.2) is 53.3 Å². The summed E-state index contributed by atoms with van der Waals surface area (Å²) in [4.78, 5) is 17.5. The quantitative estimate of drug-likeness (QED) is 0.905. The number of para-hydroxylation sites is 2. The summed E-state index contributed by atoms with van der Waals surface area (Å²) >= 11 is 0. The van der Waals surface area contributed by atoms with Crippen LogP contribution in [-0.2, 0) is 12.8 Å². The second-order valence-electron chi connectivity index (χ2n) is 8.10. The fourth-order valence-electron chi connectivity index (χ4n) is 4.44. The van der Waals surface area contributed by atoms with Crippen molar-refractivity contribution in [1.82, 2.24) is 15.1 Å². The van der Waals surface area contributed by atoms with Gasteiger partial charge in [0.2, 0.25) is 0 Å². The number of methoxy groups -OCH3 is 1. The lowest BCUT2D eigenvalue weighted by molar-refractivity contribution is 0.0678. The van der Waals surface area contributed by atoms with Crippen molar-refractivity contribution in [3.05, 3.63) is 41.2 Å². The van der Waals surface area contributed by atoms with Gasteiger partial charge in [-0.05, 0) is 51.7 Å². The van der Waals surface area contributed by atoms with Crippen LogP contribution in [0.2, 0.25) is 0 Å². The van der Waals surface area contributed by atoms with Gasteiger partial charge in [0.1, 0.15) is 5.75 Å². The Bertz CT molecular complexity index is 842. The minimum absolute atomic E-state index is 0.0575. The van der Waals surface area contributed by atoms with Gasteiger partial charge in [-0.1, -0.05) is 12.1 Å². The third kappa shape index (κ3) is 3.17. The molecule has 2 aliphatic rings. The first kappa shape index (κ1) is 17.9. The number of aryl methyl sites for hydroxylation is 1. The van der Waals surface area contributed by atoms with Crippen LogP contribution in [0.5, 0.6) is 5.75 Å². The topological polar surface area (TPSA) is 61.5 Å². The van der Waals surface area contributed by atoms with Crippen molar-refractivity contribution in [2.45, 2.75) is 45.1 Å². The molecule has 1 aromatic carbocycles. The molecule has 0 saturated carbocycles. The summed E-state index contributed by atoms with van der Waals surface area (Å²) in [6, 6.07) is 8.08. The Kier molecular flexibility index (Phi) is 4.58. The molecule has 27 heavy (non-hydrogen) atoms. The molecule has 0 unspecified atom stereocenters. The van der Waals surface area contributed by atoms with Crippen LogP contribution >= 0.6 is 0 Å². The summed E-state index contributed by atoms with van der Waals surface area (Å²) < 4.78 is 5.55. The maximum atomic E-state index is 13.2. The largest absolute Gasteiger partial charge is 0.495 e. The number of hydrogen-bond donors (Lipinski definition) is 1. The minimum atomic E-state index is -0.196. The van der Waals surface area contributed by atoms with Gasteiger partial charge in [0.15, 0.2) is 5.69 Å². The Morgan fingerprint density at radius 3 is 2.74 bits per heavy atom. The molecule has 1 aliphatic carbocycles. The van der Waals surface area contributed by atoms with Gasteiger partial charge in [0.25, 0.3) is 5.91 Å². The lowest BCUT2D eigenvalue weighted by atomic mass is 9.94. The van der Waals surface area contributed by atoms with Gasteiger partial charge in [-0.15, -0.1) is 0 Å². The van der Waals surface area contributed by atoms with Gasteiger partial charge in [0.05, 0.1) is 18.3 Å². The van der Waals surface area contributed by atoms with Crippen molar-refractivity contribution in [3.8, 4) is 5.75 Å². The van der Waals surface area contributed by atoms with E-state index in [1.54, 1.807) is 7.11 Å². The van der Waals surface area contributed by atoms with Crippen LogP contribution in [0.4, 0.5) is 5.69 Å². The third-order valence-corrected chi connectivity index (χ3v) is 5.82. The van der Waals surface area contributed by atoms with Crippen molar-refractivity contribution in [1.29, 1.82) is 0 Å². The van der Waals surface area contributed by atoms with Gasteiger partial charge in [0, 0.05) is 30.9 Å². The molecule has 1 fully saturated rings. The van der Waals surface area contributed by atoms with E-state index in [9.17, 15) is 4.79 Å². The number of nitrogens with zero attached hydrogens (tertiary/aromatic N) is 3. The highest BCUT2D eigenvalue weighted by atomic mass is 16.5. The molecule has 1 aliphatic heterocycles. The fourth-order valence-corrected chi connectivity index (χ4v) is 4.44. The average Bonchev–Trinajstić information content (AvgIpc) is 3.11. The lowest BCUT2D eigenvalue weighted by Gasteiger charge is -2.48. The predicted molar refractivity (Wildman–Crippen MR) is 106 cm³/mol. The summed E-state index contributed by atoms with van der Waals surface area (Å²) in [6.07, 6.45) is 4.27. The molecule has 1 aromatic heterocycles. The summed E-state index contributed by atoms with van der Waals surface area (Å²) in [5, 5.41) is 7.47. The molecule has 6 heteroatoms. The molecule has 144 valence electrons. The van der Waals surface area contributed by atoms with Crippen LogP contribution in [0.1, 0.15) is 48.4 Å². The van der Waals surface area contributed by atoms with E-state index >= 15 is 0 Å². The first-order chi connectivity index (χ1) is 13.0. The fraction of sp³-hybridized carbons (Fsp3) is 0.524. The summed E-state index contributed by atoms with van der Waals surface area (Å²) in [7, 11) is 1.70. The smallest absolute Gasteiger partial charge is 0.274 e. The van der Waals surface area contributed by atoms with Crippen molar-refractivity contribution < 1.29 is 9.53 Å². The van der Waals surface area contributed by atoms with Gasteiger partial charge in [-0.2, -0.15) is 5.10 Å². The first-order valence-corrected chi connectivity index (χ1v) is 9.77. The number of aromatic amines is 1. The SMILES string of the molecule is COc1ccccc1N1CCN(C(=O)c2n[nH]c3c2CCCC3)CC1(C)C. The number of rotatable bonds is 3. The molecule has 0 atom stereocenters.